The van der Waals surface area contributed by atoms with E-state index >= 15 is 0 Å². The standard InChI is InChI=1S/C39H26N4O2/c1-44-31-20-21-32-29(23-31)22-30(39-40-34-14-8-9-15-35(34)45-39)24-33(32)25-16-18-28(19-17-25)38-42-36(26-10-4-2-5-11-26)41-37(43-38)27-12-6-3-7-13-27/h2-24H,1H3. The number of aromatic nitrogens is 4. The summed E-state index contributed by atoms with van der Waals surface area (Å²) in [7, 11) is 1.68. The quantitative estimate of drug-likeness (QED) is 0.194. The number of methoxy groups -OCH3 is 1. The fourth-order valence-electron chi connectivity index (χ4n) is 5.57. The molecule has 0 aliphatic rings. The minimum Gasteiger partial charge on any atom is -0.497 e. The maximum Gasteiger partial charge on any atom is 0.227 e. The summed E-state index contributed by atoms with van der Waals surface area (Å²) in [6, 6.07) is 46.5. The molecule has 214 valence electrons. The molecule has 8 rings (SSSR count). The Kier molecular flexibility index (Phi) is 6.57. The lowest BCUT2D eigenvalue weighted by atomic mass is 9.94. The number of benzene rings is 6. The maximum atomic E-state index is 6.16. The van der Waals surface area contributed by atoms with Gasteiger partial charge in [-0.3, -0.25) is 0 Å². The maximum absolute atomic E-state index is 6.16. The molecule has 0 bridgehead atoms. The van der Waals surface area contributed by atoms with Gasteiger partial charge in [-0.25, -0.2) is 19.9 Å². The van der Waals surface area contributed by atoms with Crippen LogP contribution in [0, 0.1) is 0 Å². The topological polar surface area (TPSA) is 73.9 Å². The number of ether oxygens (including phenoxy) is 1. The Balaban J connectivity index is 1.24. The SMILES string of the molecule is COc1ccc2c(-c3ccc(-c4nc(-c5ccccc5)nc(-c5ccccc5)n4)cc3)cc(-c3nc4ccccc4o3)cc2c1. The Hall–Kier alpha value is -6.14. The summed E-state index contributed by atoms with van der Waals surface area (Å²) >= 11 is 0. The van der Waals surface area contributed by atoms with Crippen molar-refractivity contribution in [3.63, 3.8) is 0 Å². The molecule has 2 heterocycles. The van der Waals surface area contributed by atoms with Crippen molar-refractivity contribution >= 4 is 21.9 Å². The van der Waals surface area contributed by atoms with Crippen molar-refractivity contribution in [1.82, 2.24) is 19.9 Å². The molecule has 6 nitrogen and oxygen atoms in total. The third-order valence-electron chi connectivity index (χ3n) is 7.85. The van der Waals surface area contributed by atoms with Gasteiger partial charge in [0, 0.05) is 22.3 Å². The summed E-state index contributed by atoms with van der Waals surface area (Å²) in [4.78, 5) is 19.4. The number of hydrogen-bond acceptors (Lipinski definition) is 6. The molecule has 0 fully saturated rings. The molecule has 0 radical (unpaired) electrons. The van der Waals surface area contributed by atoms with E-state index in [1.54, 1.807) is 7.11 Å². The predicted octanol–water partition coefficient (Wildman–Crippen LogP) is 9.51. The molecule has 0 amide bonds. The number of oxazole rings is 1. The van der Waals surface area contributed by atoms with Crippen LogP contribution in [-0.4, -0.2) is 27.0 Å². The summed E-state index contributed by atoms with van der Waals surface area (Å²) < 4.78 is 11.7. The van der Waals surface area contributed by atoms with Crippen molar-refractivity contribution in [3.05, 3.63) is 140 Å². The summed E-state index contributed by atoms with van der Waals surface area (Å²) in [5.41, 5.74) is 7.36. The lowest BCUT2D eigenvalue weighted by molar-refractivity contribution is 0.415. The lowest BCUT2D eigenvalue weighted by Crippen LogP contribution is -2.00. The molecule has 0 aliphatic carbocycles. The van der Waals surface area contributed by atoms with Gasteiger partial charge >= 0.3 is 0 Å². The molecule has 0 saturated carbocycles. The lowest BCUT2D eigenvalue weighted by Gasteiger charge is -2.12. The molecule has 8 aromatic rings. The third-order valence-corrected chi connectivity index (χ3v) is 7.85. The monoisotopic (exact) mass is 582 g/mol. The molecule has 0 saturated heterocycles. The molecule has 6 aromatic carbocycles. The van der Waals surface area contributed by atoms with Crippen molar-refractivity contribution in [2.24, 2.45) is 0 Å². The van der Waals surface area contributed by atoms with Gasteiger partial charge in [0.1, 0.15) is 11.3 Å². The smallest absolute Gasteiger partial charge is 0.227 e. The third kappa shape index (κ3) is 5.08. The van der Waals surface area contributed by atoms with E-state index in [-0.39, 0.29) is 0 Å². The Morgan fingerprint density at radius 3 is 1.69 bits per heavy atom. The molecular weight excluding hydrogens is 556 g/mol. The van der Waals surface area contributed by atoms with Crippen molar-refractivity contribution in [2.75, 3.05) is 7.11 Å². The summed E-state index contributed by atoms with van der Waals surface area (Å²) in [5.74, 6) is 3.25. The van der Waals surface area contributed by atoms with E-state index in [9.17, 15) is 0 Å². The first-order valence-corrected chi connectivity index (χ1v) is 14.7. The van der Waals surface area contributed by atoms with Crippen LogP contribution in [-0.2, 0) is 0 Å². The van der Waals surface area contributed by atoms with Crippen LogP contribution < -0.4 is 4.74 Å². The van der Waals surface area contributed by atoms with Crippen molar-refractivity contribution in [2.45, 2.75) is 0 Å². The van der Waals surface area contributed by atoms with Gasteiger partial charge in [0.2, 0.25) is 5.89 Å². The van der Waals surface area contributed by atoms with Crippen LogP contribution in [0.25, 0.3) is 78.6 Å². The number of para-hydroxylation sites is 2. The normalized spacial score (nSPS) is 11.2. The van der Waals surface area contributed by atoms with Gasteiger partial charge in [-0.2, -0.15) is 0 Å². The molecule has 0 spiro atoms. The van der Waals surface area contributed by atoms with Gasteiger partial charge < -0.3 is 9.15 Å². The predicted molar refractivity (Wildman–Crippen MR) is 179 cm³/mol. The second-order valence-corrected chi connectivity index (χ2v) is 10.7. The fourth-order valence-corrected chi connectivity index (χ4v) is 5.57. The zero-order valence-corrected chi connectivity index (χ0v) is 24.4. The number of nitrogens with zero attached hydrogens (tertiary/aromatic N) is 4. The van der Waals surface area contributed by atoms with E-state index in [0.717, 1.165) is 61.0 Å². The van der Waals surface area contributed by atoms with Crippen molar-refractivity contribution in [3.8, 4) is 62.5 Å². The van der Waals surface area contributed by atoms with Crippen molar-refractivity contribution in [1.29, 1.82) is 0 Å². The Morgan fingerprint density at radius 2 is 1.07 bits per heavy atom. The molecule has 2 aromatic heterocycles. The minimum absolute atomic E-state index is 0.575. The van der Waals surface area contributed by atoms with Crippen LogP contribution in [0.15, 0.2) is 144 Å². The van der Waals surface area contributed by atoms with Crippen LogP contribution >= 0.6 is 0 Å². The van der Waals surface area contributed by atoms with Crippen LogP contribution in [0.1, 0.15) is 0 Å². The highest BCUT2D eigenvalue weighted by molar-refractivity contribution is 6.00. The van der Waals surface area contributed by atoms with Gasteiger partial charge in [0.15, 0.2) is 23.1 Å². The van der Waals surface area contributed by atoms with Crippen LogP contribution in [0.4, 0.5) is 0 Å². The molecule has 6 heteroatoms. The first kappa shape index (κ1) is 26.5. The first-order valence-electron chi connectivity index (χ1n) is 14.7. The fraction of sp³-hybridized carbons (Fsp3) is 0.0256. The second-order valence-electron chi connectivity index (χ2n) is 10.7. The average Bonchev–Trinajstić information content (AvgIpc) is 3.56. The highest BCUT2D eigenvalue weighted by Gasteiger charge is 2.15. The Morgan fingerprint density at radius 1 is 0.489 bits per heavy atom. The van der Waals surface area contributed by atoms with E-state index in [0.29, 0.717) is 23.4 Å². The summed E-state index contributed by atoms with van der Waals surface area (Å²) in [5, 5.41) is 2.13. The highest BCUT2D eigenvalue weighted by atomic mass is 16.5. The Labute approximate surface area is 259 Å². The van der Waals surface area contributed by atoms with Crippen LogP contribution in [0.3, 0.4) is 0 Å². The Bertz CT molecular complexity index is 2210. The van der Waals surface area contributed by atoms with Gasteiger partial charge in [-0.1, -0.05) is 103 Å². The van der Waals surface area contributed by atoms with Crippen LogP contribution in [0.2, 0.25) is 0 Å². The average molecular weight is 583 g/mol. The zero-order valence-electron chi connectivity index (χ0n) is 24.4. The highest BCUT2D eigenvalue weighted by Crippen LogP contribution is 2.37. The van der Waals surface area contributed by atoms with E-state index in [4.69, 9.17) is 29.1 Å². The van der Waals surface area contributed by atoms with E-state index in [1.165, 1.54) is 0 Å². The minimum atomic E-state index is 0.575. The van der Waals surface area contributed by atoms with Gasteiger partial charge in [0.05, 0.1) is 7.11 Å². The number of rotatable bonds is 6. The number of hydrogen-bond donors (Lipinski definition) is 0. The largest absolute Gasteiger partial charge is 0.497 e. The molecule has 0 atom stereocenters. The zero-order chi connectivity index (χ0) is 30.2. The summed E-state index contributed by atoms with van der Waals surface area (Å²) in [6.45, 7) is 0. The molecule has 0 aliphatic heterocycles. The molecule has 0 N–H and O–H groups in total. The molecule has 0 unspecified atom stereocenters. The van der Waals surface area contributed by atoms with Crippen molar-refractivity contribution < 1.29 is 9.15 Å². The van der Waals surface area contributed by atoms with E-state index in [1.807, 2.05) is 97.1 Å². The number of fused-ring (bicyclic) bond motifs is 2. The second kappa shape index (κ2) is 11.2. The van der Waals surface area contributed by atoms with E-state index in [2.05, 4.69) is 42.5 Å². The van der Waals surface area contributed by atoms with Gasteiger partial charge in [-0.05, 0) is 58.3 Å². The van der Waals surface area contributed by atoms with Crippen LogP contribution in [0.5, 0.6) is 5.75 Å². The van der Waals surface area contributed by atoms with Gasteiger partial charge in [0.25, 0.3) is 0 Å². The van der Waals surface area contributed by atoms with Gasteiger partial charge in [-0.15, -0.1) is 0 Å². The molecular formula is C39H26N4O2. The molecule has 45 heavy (non-hydrogen) atoms. The van der Waals surface area contributed by atoms with E-state index < -0.39 is 0 Å². The summed E-state index contributed by atoms with van der Waals surface area (Å²) in [6.07, 6.45) is 0. The first-order chi connectivity index (χ1) is 22.2.